The van der Waals surface area contributed by atoms with Gasteiger partial charge in [0.25, 0.3) is 15.9 Å². The zero-order valence-corrected chi connectivity index (χ0v) is 17.6. The van der Waals surface area contributed by atoms with Crippen LogP contribution in [0.4, 0.5) is 10.1 Å². The molecule has 4 rings (SSSR count). The summed E-state index contributed by atoms with van der Waals surface area (Å²) in [6, 6.07) is 17.0. The number of ether oxygens (including phenoxy) is 1. The van der Waals surface area contributed by atoms with Gasteiger partial charge >= 0.3 is 0 Å². The van der Waals surface area contributed by atoms with Gasteiger partial charge in [0.15, 0.2) is 0 Å². The summed E-state index contributed by atoms with van der Waals surface area (Å²) in [7, 11) is -4.08. The molecule has 8 heteroatoms. The molecule has 31 heavy (non-hydrogen) atoms. The lowest BCUT2D eigenvalue weighted by molar-refractivity contribution is 0.0924. The van der Waals surface area contributed by atoms with E-state index in [2.05, 4.69) is 10.0 Å². The summed E-state index contributed by atoms with van der Waals surface area (Å²) in [5.41, 5.74) is 1.58. The molecule has 1 aliphatic heterocycles. The number of nitrogens with one attached hydrogen (secondary N) is 2. The van der Waals surface area contributed by atoms with E-state index in [-0.39, 0.29) is 28.1 Å². The molecule has 0 saturated carbocycles. The van der Waals surface area contributed by atoms with Crippen molar-refractivity contribution in [3.63, 3.8) is 0 Å². The molecule has 0 aliphatic carbocycles. The first-order chi connectivity index (χ1) is 14.8. The van der Waals surface area contributed by atoms with E-state index in [0.29, 0.717) is 18.6 Å². The monoisotopic (exact) mass is 440 g/mol. The highest BCUT2D eigenvalue weighted by Gasteiger charge is 2.25. The number of benzene rings is 3. The highest BCUT2D eigenvalue weighted by Crippen LogP contribution is 2.32. The van der Waals surface area contributed by atoms with Crippen LogP contribution in [-0.2, 0) is 10.0 Å². The van der Waals surface area contributed by atoms with Gasteiger partial charge in [-0.15, -0.1) is 0 Å². The maximum atomic E-state index is 13.9. The van der Waals surface area contributed by atoms with Crippen LogP contribution in [0.3, 0.4) is 0 Å². The van der Waals surface area contributed by atoms with Gasteiger partial charge in [0.1, 0.15) is 11.6 Å². The number of fused-ring (bicyclic) bond motifs is 1. The van der Waals surface area contributed by atoms with Crippen molar-refractivity contribution in [1.29, 1.82) is 0 Å². The van der Waals surface area contributed by atoms with E-state index >= 15 is 0 Å². The summed E-state index contributed by atoms with van der Waals surface area (Å²) in [5, 5.41) is 2.98. The van der Waals surface area contributed by atoms with Crippen LogP contribution in [0, 0.1) is 12.7 Å². The highest BCUT2D eigenvalue weighted by molar-refractivity contribution is 7.92. The maximum absolute atomic E-state index is 13.9. The Hall–Kier alpha value is -3.39. The van der Waals surface area contributed by atoms with Gasteiger partial charge in [0.2, 0.25) is 0 Å². The molecule has 2 N–H and O–H groups in total. The van der Waals surface area contributed by atoms with Crippen LogP contribution in [0.1, 0.15) is 33.9 Å². The minimum atomic E-state index is -4.08. The molecule has 160 valence electrons. The number of carbonyl (C=O) groups is 1. The zero-order valence-electron chi connectivity index (χ0n) is 16.8. The second kappa shape index (κ2) is 8.39. The number of aryl methyl sites for hydroxylation is 1. The molecule has 1 atom stereocenters. The number of rotatable bonds is 5. The fourth-order valence-corrected chi connectivity index (χ4v) is 4.58. The lowest BCUT2D eigenvalue weighted by Gasteiger charge is -2.27. The average molecular weight is 440 g/mol. The lowest BCUT2D eigenvalue weighted by Crippen LogP contribution is -2.32. The molecule has 0 radical (unpaired) electrons. The average Bonchev–Trinajstić information content (AvgIpc) is 2.75. The van der Waals surface area contributed by atoms with Crippen LogP contribution < -0.4 is 14.8 Å². The Morgan fingerprint density at radius 1 is 1.06 bits per heavy atom. The Bertz CT molecular complexity index is 1240. The fraction of sp³-hybridized carbons (Fsp3) is 0.174. The summed E-state index contributed by atoms with van der Waals surface area (Å²) < 4.78 is 47.3. The molecule has 0 bridgehead atoms. The molecule has 6 nitrogen and oxygen atoms in total. The molecule has 1 heterocycles. The van der Waals surface area contributed by atoms with Crippen LogP contribution in [-0.4, -0.2) is 20.9 Å². The van der Waals surface area contributed by atoms with Gasteiger partial charge in [-0.05, 0) is 42.8 Å². The molecular weight excluding hydrogens is 419 g/mol. The van der Waals surface area contributed by atoms with E-state index in [1.165, 1.54) is 30.3 Å². The van der Waals surface area contributed by atoms with Gasteiger partial charge < -0.3 is 10.1 Å². The van der Waals surface area contributed by atoms with Crippen molar-refractivity contribution in [3.8, 4) is 5.75 Å². The summed E-state index contributed by atoms with van der Waals surface area (Å²) >= 11 is 0. The normalized spacial score (nSPS) is 15.5. The number of halogens is 1. The largest absolute Gasteiger partial charge is 0.493 e. The second-order valence-electron chi connectivity index (χ2n) is 7.26. The Labute approximate surface area is 180 Å². The first-order valence-electron chi connectivity index (χ1n) is 9.76. The second-order valence-corrected chi connectivity index (χ2v) is 8.95. The van der Waals surface area contributed by atoms with E-state index in [1.807, 2.05) is 24.3 Å². The number of amides is 1. The topological polar surface area (TPSA) is 84.5 Å². The third-order valence-corrected chi connectivity index (χ3v) is 6.51. The van der Waals surface area contributed by atoms with Crippen LogP contribution in [0.5, 0.6) is 5.75 Å². The van der Waals surface area contributed by atoms with Crippen LogP contribution in [0.2, 0.25) is 0 Å². The van der Waals surface area contributed by atoms with Crippen molar-refractivity contribution in [2.75, 3.05) is 11.3 Å². The molecule has 0 saturated heterocycles. The lowest BCUT2D eigenvalue weighted by atomic mass is 9.99. The molecule has 3 aromatic rings. The zero-order chi connectivity index (χ0) is 22.0. The molecule has 0 aromatic heterocycles. The molecule has 1 unspecified atom stereocenters. The predicted molar refractivity (Wildman–Crippen MR) is 115 cm³/mol. The molecule has 1 amide bonds. The Morgan fingerprint density at radius 2 is 1.81 bits per heavy atom. The molecule has 1 aliphatic rings. The maximum Gasteiger partial charge on any atom is 0.262 e. The van der Waals surface area contributed by atoms with Crippen LogP contribution in [0.25, 0.3) is 0 Å². The molecule has 0 spiro atoms. The quantitative estimate of drug-likeness (QED) is 0.623. The van der Waals surface area contributed by atoms with Crippen LogP contribution >= 0.6 is 0 Å². The van der Waals surface area contributed by atoms with Crippen molar-refractivity contribution < 1.29 is 22.3 Å². The van der Waals surface area contributed by atoms with Crippen LogP contribution in [0.15, 0.2) is 71.6 Å². The van der Waals surface area contributed by atoms with E-state index in [0.717, 1.165) is 17.4 Å². The Morgan fingerprint density at radius 3 is 2.61 bits per heavy atom. The number of hydrogen-bond acceptors (Lipinski definition) is 4. The van der Waals surface area contributed by atoms with Crippen molar-refractivity contribution in [3.05, 3.63) is 89.2 Å². The third kappa shape index (κ3) is 4.39. The number of sulfonamides is 1. The minimum Gasteiger partial charge on any atom is -0.493 e. The summed E-state index contributed by atoms with van der Waals surface area (Å²) in [6.07, 6.45) is 0.606. The Balaban J connectivity index is 1.60. The summed E-state index contributed by atoms with van der Waals surface area (Å²) in [5.74, 6) is -0.349. The van der Waals surface area contributed by atoms with Crippen molar-refractivity contribution in [2.24, 2.45) is 0 Å². The standard InChI is InChI=1S/C23H21FN2O4S/c1-15-10-11-16(31(28,29)26-21-8-4-3-7-19(21)24)14-18(15)23(27)25-20-12-13-30-22-9-5-2-6-17(20)22/h2-11,14,20,26H,12-13H2,1H3,(H,25,27). The van der Waals surface area contributed by atoms with Crippen molar-refractivity contribution in [1.82, 2.24) is 5.32 Å². The van der Waals surface area contributed by atoms with Crippen molar-refractivity contribution in [2.45, 2.75) is 24.3 Å². The fourth-order valence-electron chi connectivity index (χ4n) is 3.49. The summed E-state index contributed by atoms with van der Waals surface area (Å²) in [6.45, 7) is 2.20. The van der Waals surface area contributed by atoms with E-state index in [1.54, 1.807) is 13.0 Å². The number of para-hydroxylation sites is 2. The molecule has 0 fully saturated rings. The van der Waals surface area contributed by atoms with E-state index in [9.17, 15) is 17.6 Å². The summed E-state index contributed by atoms with van der Waals surface area (Å²) in [4.78, 5) is 12.9. The van der Waals surface area contributed by atoms with Gasteiger partial charge in [-0.2, -0.15) is 0 Å². The number of hydrogen-bond donors (Lipinski definition) is 2. The highest BCUT2D eigenvalue weighted by atomic mass is 32.2. The Kier molecular flexibility index (Phi) is 5.65. The third-order valence-electron chi connectivity index (χ3n) is 5.15. The first-order valence-corrected chi connectivity index (χ1v) is 11.2. The van der Waals surface area contributed by atoms with Gasteiger partial charge in [-0.3, -0.25) is 9.52 Å². The predicted octanol–water partition coefficient (Wildman–Crippen LogP) is 4.19. The van der Waals surface area contributed by atoms with Gasteiger partial charge in [0, 0.05) is 17.5 Å². The smallest absolute Gasteiger partial charge is 0.262 e. The van der Waals surface area contributed by atoms with Gasteiger partial charge in [-0.1, -0.05) is 36.4 Å². The number of anilines is 1. The van der Waals surface area contributed by atoms with Crippen molar-refractivity contribution >= 4 is 21.6 Å². The molecule has 3 aromatic carbocycles. The van der Waals surface area contributed by atoms with E-state index < -0.39 is 15.8 Å². The molecular formula is C23H21FN2O4S. The SMILES string of the molecule is Cc1ccc(S(=O)(=O)Nc2ccccc2F)cc1C(=O)NC1CCOc2ccccc21. The first kappa shape index (κ1) is 20.9. The minimum absolute atomic E-state index is 0.126. The van der Waals surface area contributed by atoms with E-state index in [4.69, 9.17) is 4.74 Å². The van der Waals surface area contributed by atoms with Gasteiger partial charge in [0.05, 0.1) is 23.2 Å². The van der Waals surface area contributed by atoms with Gasteiger partial charge in [-0.25, -0.2) is 12.8 Å². The number of carbonyl (C=O) groups excluding carboxylic acids is 1.